The van der Waals surface area contributed by atoms with Gasteiger partial charge in [0, 0.05) is 16.4 Å². The molecule has 1 aliphatic rings. The minimum Gasteiger partial charge on any atom is -0.495 e. The predicted octanol–water partition coefficient (Wildman–Crippen LogP) is 1.12. The number of amides is 1. The van der Waals surface area contributed by atoms with Crippen molar-refractivity contribution in [1.29, 1.82) is 0 Å². The summed E-state index contributed by atoms with van der Waals surface area (Å²) in [6.07, 6.45) is 0.217. The Balaban J connectivity index is 2.64. The van der Waals surface area contributed by atoms with Crippen molar-refractivity contribution >= 4 is 31.3 Å². The Morgan fingerprint density at radius 3 is 2.69 bits per heavy atom. The molecule has 1 N–H and O–H groups in total. The van der Waals surface area contributed by atoms with Gasteiger partial charge in [0.1, 0.15) is 10.6 Å². The lowest BCUT2D eigenvalue weighted by Crippen LogP contribution is -2.03. The van der Waals surface area contributed by atoms with Gasteiger partial charge in [0.05, 0.1) is 13.5 Å². The lowest BCUT2D eigenvalue weighted by molar-refractivity contribution is -0.115. The fraction of sp³-hybridized carbons (Fsp3) is 0.222. The van der Waals surface area contributed by atoms with Crippen LogP contribution in [0.3, 0.4) is 0 Å². The van der Waals surface area contributed by atoms with Crippen LogP contribution in [-0.4, -0.2) is 21.4 Å². The van der Waals surface area contributed by atoms with Crippen LogP contribution in [0, 0.1) is 0 Å². The number of benzene rings is 1. The van der Waals surface area contributed by atoms with Gasteiger partial charge in [-0.2, -0.15) is 0 Å². The fourth-order valence-corrected chi connectivity index (χ4v) is 2.59. The second-order valence-corrected chi connectivity index (χ2v) is 5.86. The second kappa shape index (κ2) is 3.64. The van der Waals surface area contributed by atoms with Gasteiger partial charge in [0.15, 0.2) is 0 Å². The topological polar surface area (TPSA) is 72.5 Å². The van der Waals surface area contributed by atoms with Crippen LogP contribution in [0.2, 0.25) is 0 Å². The van der Waals surface area contributed by atoms with E-state index in [2.05, 4.69) is 5.32 Å². The summed E-state index contributed by atoms with van der Waals surface area (Å²) in [6.45, 7) is 0. The van der Waals surface area contributed by atoms with Gasteiger partial charge < -0.3 is 10.1 Å². The van der Waals surface area contributed by atoms with Gasteiger partial charge in [-0.15, -0.1) is 0 Å². The fourth-order valence-electron chi connectivity index (χ4n) is 1.58. The third-order valence-corrected chi connectivity index (χ3v) is 3.62. The summed E-state index contributed by atoms with van der Waals surface area (Å²) in [6, 6.07) is 2.81. The highest BCUT2D eigenvalue weighted by atomic mass is 35.7. The van der Waals surface area contributed by atoms with Crippen LogP contribution >= 0.6 is 10.7 Å². The van der Waals surface area contributed by atoms with Gasteiger partial charge in [-0.25, -0.2) is 8.42 Å². The van der Waals surface area contributed by atoms with Crippen molar-refractivity contribution in [3.63, 3.8) is 0 Å². The third-order valence-electron chi connectivity index (χ3n) is 2.28. The molecule has 1 amide bonds. The minimum atomic E-state index is -3.89. The van der Waals surface area contributed by atoms with E-state index in [1.807, 2.05) is 0 Å². The van der Waals surface area contributed by atoms with E-state index < -0.39 is 9.05 Å². The quantitative estimate of drug-likeness (QED) is 0.810. The summed E-state index contributed by atoms with van der Waals surface area (Å²) < 4.78 is 27.5. The Morgan fingerprint density at radius 2 is 2.12 bits per heavy atom. The monoisotopic (exact) mass is 261 g/mol. The third kappa shape index (κ3) is 1.85. The molecule has 0 saturated carbocycles. The molecular weight excluding hydrogens is 254 g/mol. The van der Waals surface area contributed by atoms with Crippen molar-refractivity contribution in [2.45, 2.75) is 11.3 Å². The SMILES string of the molecule is COc1cc2c(cc1S(=O)(=O)Cl)NC(=O)C2. The van der Waals surface area contributed by atoms with Crippen LogP contribution in [0.25, 0.3) is 0 Å². The molecule has 0 atom stereocenters. The Morgan fingerprint density at radius 1 is 1.44 bits per heavy atom. The molecule has 1 aliphatic heterocycles. The number of hydrogen-bond acceptors (Lipinski definition) is 4. The van der Waals surface area contributed by atoms with E-state index in [0.29, 0.717) is 11.3 Å². The Hall–Kier alpha value is -1.27. The highest BCUT2D eigenvalue weighted by Gasteiger charge is 2.24. The van der Waals surface area contributed by atoms with Crippen LogP contribution in [0.4, 0.5) is 5.69 Å². The molecule has 0 spiro atoms. The lowest BCUT2D eigenvalue weighted by atomic mass is 10.1. The molecule has 0 bridgehead atoms. The van der Waals surface area contributed by atoms with Crippen LogP contribution in [0.15, 0.2) is 17.0 Å². The van der Waals surface area contributed by atoms with Crippen molar-refractivity contribution in [2.75, 3.05) is 12.4 Å². The average molecular weight is 262 g/mol. The first-order chi connectivity index (χ1) is 7.41. The number of nitrogens with one attached hydrogen (secondary N) is 1. The molecule has 16 heavy (non-hydrogen) atoms. The van der Waals surface area contributed by atoms with Gasteiger partial charge in [-0.05, 0) is 17.7 Å². The summed E-state index contributed by atoms with van der Waals surface area (Å²) >= 11 is 0. The first-order valence-corrected chi connectivity index (χ1v) is 6.68. The Labute approximate surface area is 96.8 Å². The van der Waals surface area contributed by atoms with Gasteiger partial charge in [0.2, 0.25) is 5.91 Å². The van der Waals surface area contributed by atoms with Crippen LogP contribution in [0.1, 0.15) is 5.56 Å². The molecule has 2 rings (SSSR count). The molecule has 1 aromatic rings. The lowest BCUT2D eigenvalue weighted by Gasteiger charge is -2.08. The molecule has 5 nitrogen and oxygen atoms in total. The number of fused-ring (bicyclic) bond motifs is 1. The molecule has 0 radical (unpaired) electrons. The zero-order valence-corrected chi connectivity index (χ0v) is 9.85. The zero-order chi connectivity index (χ0) is 11.9. The summed E-state index contributed by atoms with van der Waals surface area (Å²) in [5, 5.41) is 2.54. The summed E-state index contributed by atoms with van der Waals surface area (Å²) in [5.74, 6) is -0.0357. The van der Waals surface area contributed by atoms with E-state index >= 15 is 0 Å². The van der Waals surface area contributed by atoms with Crippen molar-refractivity contribution in [3.8, 4) is 5.75 Å². The molecule has 0 fully saturated rings. The molecule has 0 unspecified atom stereocenters. The van der Waals surface area contributed by atoms with Crippen LogP contribution in [0.5, 0.6) is 5.75 Å². The second-order valence-electron chi connectivity index (χ2n) is 3.32. The van der Waals surface area contributed by atoms with Crippen molar-refractivity contribution in [1.82, 2.24) is 0 Å². The maximum Gasteiger partial charge on any atom is 0.265 e. The number of ether oxygens (including phenoxy) is 1. The van der Waals surface area contributed by atoms with Gasteiger partial charge in [0.25, 0.3) is 9.05 Å². The summed E-state index contributed by atoms with van der Waals surface area (Å²) in [4.78, 5) is 11.0. The number of rotatable bonds is 2. The number of carbonyl (C=O) groups excluding carboxylic acids is 1. The maximum absolute atomic E-state index is 11.3. The number of methoxy groups -OCH3 is 1. The molecule has 0 aromatic heterocycles. The van der Waals surface area contributed by atoms with E-state index in [4.69, 9.17) is 15.4 Å². The standard InChI is InChI=1S/C9H8ClNO4S/c1-15-7-2-5-3-9(12)11-6(5)4-8(7)16(10,13)14/h2,4H,3H2,1H3,(H,11,12). The minimum absolute atomic E-state index is 0.141. The number of halogens is 1. The van der Waals surface area contributed by atoms with Gasteiger partial charge in [-0.3, -0.25) is 4.79 Å². The molecule has 0 aliphatic carbocycles. The van der Waals surface area contributed by atoms with E-state index in [0.717, 1.165) is 0 Å². The maximum atomic E-state index is 11.3. The van der Waals surface area contributed by atoms with Crippen molar-refractivity contribution in [2.24, 2.45) is 0 Å². The largest absolute Gasteiger partial charge is 0.495 e. The van der Waals surface area contributed by atoms with Crippen LogP contribution < -0.4 is 10.1 Å². The molecule has 1 aromatic carbocycles. The van der Waals surface area contributed by atoms with E-state index in [9.17, 15) is 13.2 Å². The van der Waals surface area contributed by atoms with Gasteiger partial charge in [-0.1, -0.05) is 0 Å². The molecule has 1 heterocycles. The zero-order valence-electron chi connectivity index (χ0n) is 8.28. The molecule has 7 heteroatoms. The molecule has 86 valence electrons. The number of anilines is 1. The Kier molecular flexibility index (Phi) is 2.55. The molecule has 0 saturated heterocycles. The van der Waals surface area contributed by atoms with Crippen molar-refractivity contribution < 1.29 is 17.9 Å². The first kappa shape index (κ1) is 11.2. The number of carbonyl (C=O) groups is 1. The summed E-state index contributed by atoms with van der Waals surface area (Å²) in [5.41, 5.74) is 1.16. The number of hydrogen-bond donors (Lipinski definition) is 1. The Bertz CT molecular complexity index is 567. The highest BCUT2D eigenvalue weighted by Crippen LogP contribution is 2.35. The van der Waals surface area contributed by atoms with E-state index in [-0.39, 0.29) is 23.0 Å². The van der Waals surface area contributed by atoms with E-state index in [1.54, 1.807) is 0 Å². The first-order valence-electron chi connectivity index (χ1n) is 4.37. The predicted molar refractivity (Wildman–Crippen MR) is 58.4 cm³/mol. The summed E-state index contributed by atoms with van der Waals surface area (Å²) in [7, 11) is 2.72. The molecular formula is C9H8ClNO4S. The normalized spacial score (nSPS) is 14.5. The van der Waals surface area contributed by atoms with Crippen LogP contribution in [-0.2, 0) is 20.3 Å². The smallest absolute Gasteiger partial charge is 0.265 e. The average Bonchev–Trinajstić information content (AvgIpc) is 2.53. The van der Waals surface area contributed by atoms with Gasteiger partial charge >= 0.3 is 0 Å². The van der Waals surface area contributed by atoms with Crippen molar-refractivity contribution in [3.05, 3.63) is 17.7 Å². The highest BCUT2D eigenvalue weighted by molar-refractivity contribution is 8.13. The van der Waals surface area contributed by atoms with E-state index in [1.165, 1.54) is 19.2 Å².